The fraction of sp³-hybridized carbons (Fsp3) is 0.524. The number of rotatable bonds is 18. The number of ether oxygens (including phenoxy) is 6. The summed E-state index contributed by atoms with van der Waals surface area (Å²) < 4.78 is 33.6. The molecule has 0 spiro atoms. The third-order valence-corrected chi connectivity index (χ3v) is 3.42. The largest absolute Gasteiger partial charge is 0.491 e. The Kier molecular flexibility index (Phi) is 14.2. The molecule has 0 fully saturated rings. The van der Waals surface area contributed by atoms with Crippen LogP contribution in [0.5, 0.6) is 5.75 Å². The van der Waals surface area contributed by atoms with Gasteiger partial charge < -0.3 is 28.4 Å². The number of para-hydroxylation sites is 1. The van der Waals surface area contributed by atoms with Crippen molar-refractivity contribution in [1.29, 1.82) is 0 Å². The first-order valence-electron chi connectivity index (χ1n) is 9.07. The predicted octanol–water partition coefficient (Wildman–Crippen LogP) is 2.89. The predicted molar refractivity (Wildman–Crippen MR) is 105 cm³/mol. The molecule has 27 heavy (non-hydrogen) atoms. The van der Waals surface area contributed by atoms with Gasteiger partial charge in [0.05, 0.1) is 46.2 Å². The maximum absolute atomic E-state index is 5.98. The van der Waals surface area contributed by atoms with Crippen molar-refractivity contribution in [1.82, 2.24) is 0 Å². The molecule has 1 aromatic rings. The van der Waals surface area contributed by atoms with Crippen LogP contribution in [0.1, 0.15) is 0 Å². The molecule has 1 rings (SSSR count). The second kappa shape index (κ2) is 16.5. The van der Waals surface area contributed by atoms with E-state index in [9.17, 15) is 0 Å². The van der Waals surface area contributed by atoms with Crippen LogP contribution in [0.2, 0.25) is 0 Å². The van der Waals surface area contributed by atoms with Crippen molar-refractivity contribution in [3.05, 3.63) is 55.6 Å². The Bertz CT molecular complexity index is 479. The average Bonchev–Trinajstić information content (AvgIpc) is 2.70. The second-order valence-electron chi connectivity index (χ2n) is 5.72. The molecule has 2 unspecified atom stereocenters. The molecule has 6 heteroatoms. The Hall–Kier alpha value is -1.70. The first-order chi connectivity index (χ1) is 13.3. The molecule has 0 aliphatic rings. The van der Waals surface area contributed by atoms with Crippen molar-refractivity contribution >= 4 is 0 Å². The molecule has 6 nitrogen and oxygen atoms in total. The van der Waals surface area contributed by atoms with Gasteiger partial charge in [-0.05, 0) is 12.1 Å². The van der Waals surface area contributed by atoms with Crippen LogP contribution in [-0.2, 0) is 23.7 Å². The van der Waals surface area contributed by atoms with E-state index in [4.69, 9.17) is 28.4 Å². The molecule has 0 heterocycles. The SMILES string of the molecule is C=CCOCC(COc1ccccc1)OCC(COCC=C)OCCOC. The molecular weight excluding hydrogens is 348 g/mol. The molecule has 0 aliphatic carbocycles. The van der Waals surface area contributed by atoms with E-state index in [1.165, 1.54) is 0 Å². The highest BCUT2D eigenvalue weighted by Gasteiger charge is 2.16. The quantitative estimate of drug-likeness (QED) is 0.288. The summed E-state index contributed by atoms with van der Waals surface area (Å²) in [5.41, 5.74) is 0. The minimum atomic E-state index is -0.238. The van der Waals surface area contributed by atoms with Crippen molar-refractivity contribution in [2.24, 2.45) is 0 Å². The Balaban J connectivity index is 2.49. The van der Waals surface area contributed by atoms with Crippen LogP contribution < -0.4 is 4.74 Å². The van der Waals surface area contributed by atoms with Gasteiger partial charge >= 0.3 is 0 Å². The molecule has 0 N–H and O–H groups in total. The summed E-state index contributed by atoms with van der Waals surface area (Å²) in [7, 11) is 1.64. The van der Waals surface area contributed by atoms with Gasteiger partial charge in [-0.15, -0.1) is 13.2 Å². The Morgan fingerprint density at radius 3 is 2.04 bits per heavy atom. The molecule has 0 aromatic heterocycles. The summed E-state index contributed by atoms with van der Waals surface area (Å²) in [4.78, 5) is 0. The first-order valence-corrected chi connectivity index (χ1v) is 9.07. The maximum atomic E-state index is 5.98. The monoisotopic (exact) mass is 380 g/mol. The van der Waals surface area contributed by atoms with Gasteiger partial charge in [0.15, 0.2) is 0 Å². The lowest BCUT2D eigenvalue weighted by atomic mass is 10.3. The minimum Gasteiger partial charge on any atom is -0.491 e. The molecule has 0 bridgehead atoms. The Morgan fingerprint density at radius 1 is 0.815 bits per heavy atom. The lowest BCUT2D eigenvalue weighted by molar-refractivity contribution is -0.101. The lowest BCUT2D eigenvalue weighted by Gasteiger charge is -2.23. The summed E-state index contributed by atoms with van der Waals surface area (Å²) in [5, 5.41) is 0. The van der Waals surface area contributed by atoms with Crippen LogP contribution >= 0.6 is 0 Å². The normalized spacial score (nSPS) is 13.1. The zero-order valence-corrected chi connectivity index (χ0v) is 16.2. The van der Waals surface area contributed by atoms with Crippen LogP contribution in [0.15, 0.2) is 55.6 Å². The van der Waals surface area contributed by atoms with Crippen LogP contribution in [0, 0.1) is 0 Å². The summed E-state index contributed by atoms with van der Waals surface area (Å²) in [6.07, 6.45) is 2.96. The van der Waals surface area contributed by atoms with Gasteiger partial charge in [-0.2, -0.15) is 0 Å². The van der Waals surface area contributed by atoms with E-state index in [1.54, 1.807) is 19.3 Å². The molecule has 0 saturated heterocycles. The van der Waals surface area contributed by atoms with Gasteiger partial charge in [0.25, 0.3) is 0 Å². The molecule has 2 atom stereocenters. The summed E-state index contributed by atoms with van der Waals surface area (Å²) in [5.74, 6) is 0.789. The van der Waals surface area contributed by atoms with Crippen LogP contribution in [0.25, 0.3) is 0 Å². The molecule has 1 aromatic carbocycles. The first kappa shape index (κ1) is 23.3. The van der Waals surface area contributed by atoms with Crippen molar-refractivity contribution < 1.29 is 28.4 Å². The Labute approximate surface area is 162 Å². The number of hydrogen-bond acceptors (Lipinski definition) is 6. The topological polar surface area (TPSA) is 55.4 Å². The van der Waals surface area contributed by atoms with Crippen LogP contribution in [0.4, 0.5) is 0 Å². The number of benzene rings is 1. The fourth-order valence-corrected chi connectivity index (χ4v) is 2.10. The van der Waals surface area contributed by atoms with Gasteiger partial charge in [-0.1, -0.05) is 30.4 Å². The molecular formula is C21H32O6. The molecule has 152 valence electrons. The third-order valence-electron chi connectivity index (χ3n) is 3.42. The zero-order chi connectivity index (χ0) is 19.6. The van der Waals surface area contributed by atoms with Crippen molar-refractivity contribution in [2.75, 3.05) is 60.0 Å². The van der Waals surface area contributed by atoms with Gasteiger partial charge in [0, 0.05) is 7.11 Å². The highest BCUT2D eigenvalue weighted by atomic mass is 16.6. The van der Waals surface area contributed by atoms with Gasteiger partial charge in [-0.25, -0.2) is 0 Å². The standard InChI is InChI=1S/C21H32O6/c1-4-11-23-15-20(25-14-13-22-3)17-27-21(16-24-12-5-2)18-26-19-9-7-6-8-10-19/h4-10,20-21H,1-2,11-18H2,3H3. The number of methoxy groups -OCH3 is 1. The van der Waals surface area contributed by atoms with Crippen LogP contribution in [0.3, 0.4) is 0 Å². The number of hydrogen-bond donors (Lipinski definition) is 0. The van der Waals surface area contributed by atoms with Gasteiger partial charge in [-0.3, -0.25) is 0 Å². The van der Waals surface area contributed by atoms with E-state index in [-0.39, 0.29) is 12.2 Å². The molecule has 0 amide bonds. The average molecular weight is 380 g/mol. The molecule has 0 aliphatic heterocycles. The third kappa shape index (κ3) is 12.3. The summed E-state index contributed by atoms with van der Waals surface area (Å²) in [6, 6.07) is 9.61. The van der Waals surface area contributed by atoms with E-state index < -0.39 is 0 Å². The second-order valence-corrected chi connectivity index (χ2v) is 5.72. The van der Waals surface area contributed by atoms with E-state index >= 15 is 0 Å². The fourth-order valence-electron chi connectivity index (χ4n) is 2.10. The van der Waals surface area contributed by atoms with Crippen molar-refractivity contribution in [3.8, 4) is 5.75 Å². The van der Waals surface area contributed by atoms with E-state index in [1.807, 2.05) is 30.3 Å². The van der Waals surface area contributed by atoms with Gasteiger partial charge in [0.1, 0.15) is 24.6 Å². The van der Waals surface area contributed by atoms with Gasteiger partial charge in [0.2, 0.25) is 0 Å². The smallest absolute Gasteiger partial charge is 0.119 e. The van der Waals surface area contributed by atoms with Crippen molar-refractivity contribution in [2.45, 2.75) is 12.2 Å². The lowest BCUT2D eigenvalue weighted by Crippen LogP contribution is -2.34. The maximum Gasteiger partial charge on any atom is 0.119 e. The highest BCUT2D eigenvalue weighted by molar-refractivity contribution is 5.20. The summed E-state index contributed by atoms with van der Waals surface area (Å²) in [6.45, 7) is 10.8. The van der Waals surface area contributed by atoms with Crippen LogP contribution in [-0.4, -0.2) is 72.2 Å². The highest BCUT2D eigenvalue weighted by Crippen LogP contribution is 2.10. The Morgan fingerprint density at radius 2 is 1.44 bits per heavy atom. The minimum absolute atomic E-state index is 0.210. The molecule has 0 saturated carbocycles. The summed E-state index contributed by atoms with van der Waals surface area (Å²) >= 11 is 0. The van der Waals surface area contributed by atoms with Crippen molar-refractivity contribution in [3.63, 3.8) is 0 Å². The van der Waals surface area contributed by atoms with E-state index in [0.717, 1.165) is 5.75 Å². The van der Waals surface area contributed by atoms with E-state index in [2.05, 4.69) is 13.2 Å². The molecule has 0 radical (unpaired) electrons. The zero-order valence-electron chi connectivity index (χ0n) is 16.2. The van der Waals surface area contributed by atoms with E-state index in [0.29, 0.717) is 52.9 Å².